The number of ether oxygens (including phenoxy) is 3. The van der Waals surface area contributed by atoms with Crippen LogP contribution < -0.4 is 0 Å². The number of hydrogen-bond donors (Lipinski definition) is 0. The lowest BCUT2D eigenvalue weighted by molar-refractivity contribution is -0.147. The molecule has 0 bridgehead atoms. The van der Waals surface area contributed by atoms with Gasteiger partial charge in [0.05, 0.1) is 13.2 Å². The van der Waals surface area contributed by atoms with Gasteiger partial charge < -0.3 is 14.2 Å². The Labute approximate surface area is 114 Å². The van der Waals surface area contributed by atoms with Crippen molar-refractivity contribution in [1.29, 1.82) is 0 Å². The molecule has 0 fully saturated rings. The van der Waals surface area contributed by atoms with E-state index in [1.54, 1.807) is 6.92 Å². The minimum Gasteiger partial charge on any atom is -0.463 e. The van der Waals surface area contributed by atoms with Crippen molar-refractivity contribution >= 4 is 11.9 Å². The molecule has 19 heavy (non-hydrogen) atoms. The van der Waals surface area contributed by atoms with Gasteiger partial charge in [-0.1, -0.05) is 19.9 Å². The topological polar surface area (TPSA) is 61.8 Å². The minimum atomic E-state index is -0.433. The number of hydrogen-bond acceptors (Lipinski definition) is 5. The summed E-state index contributed by atoms with van der Waals surface area (Å²) in [5.74, 6) is -0.733. The van der Waals surface area contributed by atoms with Crippen LogP contribution in [0.2, 0.25) is 0 Å². The summed E-state index contributed by atoms with van der Waals surface area (Å²) in [4.78, 5) is 22.3. The fraction of sp³-hybridized carbons (Fsp3) is 0.714. The predicted octanol–water partition coefficient (Wildman–Crippen LogP) is 2.25. The number of carbonyl (C=O) groups excluding carboxylic acids is 2. The first kappa shape index (κ1) is 17.6. The summed E-state index contributed by atoms with van der Waals surface area (Å²) < 4.78 is 15.1. The van der Waals surface area contributed by atoms with Gasteiger partial charge >= 0.3 is 11.9 Å². The molecule has 0 atom stereocenters. The second-order valence-electron chi connectivity index (χ2n) is 4.21. The number of esters is 2. The Hall–Kier alpha value is -1.36. The van der Waals surface area contributed by atoms with Gasteiger partial charge in [0.2, 0.25) is 0 Å². The Morgan fingerprint density at radius 1 is 1.00 bits per heavy atom. The Balaban J connectivity index is 3.35. The molecule has 0 aliphatic rings. The average molecular weight is 272 g/mol. The molecule has 0 saturated carbocycles. The van der Waals surface area contributed by atoms with Crippen LogP contribution >= 0.6 is 0 Å². The molecule has 0 aromatic rings. The van der Waals surface area contributed by atoms with Crippen molar-refractivity contribution in [3.05, 3.63) is 12.2 Å². The Bertz CT molecular complexity index is 286. The summed E-state index contributed by atoms with van der Waals surface area (Å²) in [6, 6.07) is 0. The molecular weight excluding hydrogens is 248 g/mol. The van der Waals surface area contributed by atoms with E-state index in [-0.39, 0.29) is 25.6 Å². The SMILES string of the molecule is C=C(C)C(=O)OCCCC(=O)OCCOCCCC. The lowest BCUT2D eigenvalue weighted by atomic mass is 10.3. The van der Waals surface area contributed by atoms with E-state index in [1.165, 1.54) is 0 Å². The fourth-order valence-electron chi connectivity index (χ4n) is 1.14. The molecule has 0 aromatic carbocycles. The summed E-state index contributed by atoms with van der Waals surface area (Å²) in [5, 5.41) is 0. The van der Waals surface area contributed by atoms with Crippen LogP contribution in [0.3, 0.4) is 0 Å². The van der Waals surface area contributed by atoms with Gasteiger partial charge in [-0.15, -0.1) is 0 Å². The van der Waals surface area contributed by atoms with Crippen LogP contribution in [-0.2, 0) is 23.8 Å². The summed E-state index contributed by atoms with van der Waals surface area (Å²) in [6.07, 6.45) is 2.79. The Kier molecular flexibility index (Phi) is 10.9. The van der Waals surface area contributed by atoms with E-state index in [2.05, 4.69) is 13.5 Å². The molecular formula is C14H24O5. The predicted molar refractivity (Wildman–Crippen MR) is 71.7 cm³/mol. The number of carbonyl (C=O) groups is 2. The fourth-order valence-corrected chi connectivity index (χ4v) is 1.14. The van der Waals surface area contributed by atoms with Gasteiger partial charge in [-0.05, 0) is 19.8 Å². The smallest absolute Gasteiger partial charge is 0.333 e. The van der Waals surface area contributed by atoms with Crippen molar-refractivity contribution in [1.82, 2.24) is 0 Å². The van der Waals surface area contributed by atoms with Gasteiger partial charge in [0.15, 0.2) is 0 Å². The van der Waals surface area contributed by atoms with Crippen LogP contribution in [0, 0.1) is 0 Å². The van der Waals surface area contributed by atoms with Crippen molar-refractivity contribution in [2.75, 3.05) is 26.4 Å². The summed E-state index contributed by atoms with van der Waals surface area (Å²) in [7, 11) is 0. The van der Waals surface area contributed by atoms with Crippen LogP contribution in [0.15, 0.2) is 12.2 Å². The first-order valence-corrected chi connectivity index (χ1v) is 6.64. The van der Waals surface area contributed by atoms with E-state index >= 15 is 0 Å². The minimum absolute atomic E-state index is 0.202. The number of unbranched alkanes of at least 4 members (excludes halogenated alkanes) is 1. The van der Waals surface area contributed by atoms with Crippen LogP contribution in [0.25, 0.3) is 0 Å². The van der Waals surface area contributed by atoms with Gasteiger partial charge in [0, 0.05) is 18.6 Å². The van der Waals surface area contributed by atoms with Crippen molar-refractivity contribution in [2.24, 2.45) is 0 Å². The van der Waals surface area contributed by atoms with Gasteiger partial charge in [-0.3, -0.25) is 4.79 Å². The maximum absolute atomic E-state index is 11.3. The highest BCUT2D eigenvalue weighted by atomic mass is 16.6. The van der Waals surface area contributed by atoms with Gasteiger partial charge in [0.1, 0.15) is 6.61 Å². The van der Waals surface area contributed by atoms with E-state index in [0.717, 1.165) is 12.8 Å². The van der Waals surface area contributed by atoms with Crippen molar-refractivity contribution in [3.8, 4) is 0 Å². The zero-order valence-corrected chi connectivity index (χ0v) is 11.9. The van der Waals surface area contributed by atoms with Crippen LogP contribution in [-0.4, -0.2) is 38.4 Å². The first-order valence-electron chi connectivity index (χ1n) is 6.64. The second kappa shape index (κ2) is 11.7. The largest absolute Gasteiger partial charge is 0.463 e. The van der Waals surface area contributed by atoms with E-state index in [4.69, 9.17) is 14.2 Å². The third-order valence-corrected chi connectivity index (χ3v) is 2.24. The molecule has 0 saturated heterocycles. The molecule has 0 aromatic heterocycles. The monoisotopic (exact) mass is 272 g/mol. The molecule has 0 heterocycles. The molecule has 5 nitrogen and oxygen atoms in total. The maximum Gasteiger partial charge on any atom is 0.333 e. The molecule has 5 heteroatoms. The van der Waals surface area contributed by atoms with Gasteiger partial charge in [-0.25, -0.2) is 4.79 Å². The van der Waals surface area contributed by atoms with Gasteiger partial charge in [0.25, 0.3) is 0 Å². The van der Waals surface area contributed by atoms with E-state index < -0.39 is 5.97 Å². The molecule has 0 rings (SSSR count). The molecule has 0 aliphatic carbocycles. The quantitative estimate of drug-likeness (QED) is 0.328. The normalized spacial score (nSPS) is 10.0. The highest BCUT2D eigenvalue weighted by molar-refractivity contribution is 5.86. The average Bonchev–Trinajstić information content (AvgIpc) is 2.38. The molecule has 0 amide bonds. The first-order chi connectivity index (χ1) is 9.07. The van der Waals surface area contributed by atoms with E-state index in [9.17, 15) is 9.59 Å². The molecule has 0 unspecified atom stereocenters. The van der Waals surface area contributed by atoms with Crippen molar-refractivity contribution < 1.29 is 23.8 Å². The third kappa shape index (κ3) is 11.5. The lowest BCUT2D eigenvalue weighted by Crippen LogP contribution is -2.12. The highest BCUT2D eigenvalue weighted by Crippen LogP contribution is 1.98. The summed E-state index contributed by atoms with van der Waals surface area (Å²) in [5.41, 5.74) is 0.354. The Morgan fingerprint density at radius 3 is 2.37 bits per heavy atom. The highest BCUT2D eigenvalue weighted by Gasteiger charge is 2.05. The van der Waals surface area contributed by atoms with E-state index in [1.807, 2.05) is 0 Å². The molecule has 0 radical (unpaired) electrons. The number of rotatable bonds is 11. The van der Waals surface area contributed by atoms with Crippen molar-refractivity contribution in [3.63, 3.8) is 0 Å². The second-order valence-corrected chi connectivity index (χ2v) is 4.21. The third-order valence-electron chi connectivity index (χ3n) is 2.24. The zero-order valence-electron chi connectivity index (χ0n) is 11.9. The van der Waals surface area contributed by atoms with Crippen LogP contribution in [0.5, 0.6) is 0 Å². The lowest BCUT2D eigenvalue weighted by Gasteiger charge is -2.06. The molecule has 0 aliphatic heterocycles. The Morgan fingerprint density at radius 2 is 1.74 bits per heavy atom. The molecule has 0 spiro atoms. The van der Waals surface area contributed by atoms with Crippen LogP contribution in [0.4, 0.5) is 0 Å². The standard InChI is InChI=1S/C14H24O5/c1-4-5-8-17-10-11-18-13(15)7-6-9-19-14(16)12(2)3/h2,4-11H2,1,3H3. The molecule has 110 valence electrons. The van der Waals surface area contributed by atoms with E-state index in [0.29, 0.717) is 25.2 Å². The van der Waals surface area contributed by atoms with Crippen LogP contribution in [0.1, 0.15) is 39.5 Å². The molecule has 0 N–H and O–H groups in total. The summed E-state index contributed by atoms with van der Waals surface area (Å²) in [6.45, 7) is 8.73. The van der Waals surface area contributed by atoms with Crippen molar-refractivity contribution in [2.45, 2.75) is 39.5 Å². The van der Waals surface area contributed by atoms with Gasteiger partial charge in [-0.2, -0.15) is 0 Å². The maximum atomic E-state index is 11.3. The summed E-state index contributed by atoms with van der Waals surface area (Å²) >= 11 is 0. The zero-order chi connectivity index (χ0) is 14.5.